The summed E-state index contributed by atoms with van der Waals surface area (Å²) < 4.78 is 27.5. The Balaban J connectivity index is 1.94. The van der Waals surface area contributed by atoms with Crippen LogP contribution in [0.5, 0.6) is 0 Å². The Kier molecular flexibility index (Phi) is 7.62. The minimum absolute atomic E-state index is 0.000362. The Morgan fingerprint density at radius 1 is 1.18 bits per heavy atom. The normalized spacial score (nSPS) is 11.7. The van der Waals surface area contributed by atoms with Crippen LogP contribution in [-0.2, 0) is 16.3 Å². The Morgan fingerprint density at radius 3 is 2.47 bits per heavy atom. The lowest BCUT2D eigenvalue weighted by Crippen LogP contribution is -2.13. The number of carboxylic acid groups (broad SMARTS) is 1. The third-order valence-electron chi connectivity index (χ3n) is 5.78. The van der Waals surface area contributed by atoms with E-state index in [9.17, 15) is 28.4 Å². The van der Waals surface area contributed by atoms with Gasteiger partial charge in [0.1, 0.15) is 9.90 Å². The molecule has 10 nitrogen and oxygen atoms in total. The third kappa shape index (κ3) is 5.04. The maximum Gasteiger partial charge on any atom is 0.355 e. The van der Waals surface area contributed by atoms with Crippen molar-refractivity contribution in [2.24, 2.45) is 0 Å². The smallest absolute Gasteiger partial charge is 0.355 e. The molecule has 2 aromatic carbocycles. The summed E-state index contributed by atoms with van der Waals surface area (Å²) in [5.41, 5.74) is 0.887. The molecule has 0 bridgehead atoms. The molecule has 1 N–H and O–H groups in total. The summed E-state index contributed by atoms with van der Waals surface area (Å²) >= 11 is 13.0. The number of thiazole rings is 1. The number of aromatic carboxylic acids is 1. The van der Waals surface area contributed by atoms with Crippen LogP contribution in [-0.4, -0.2) is 44.4 Å². The van der Waals surface area contributed by atoms with Crippen LogP contribution in [0.4, 0.5) is 5.69 Å². The maximum absolute atomic E-state index is 13.3. The van der Waals surface area contributed by atoms with Gasteiger partial charge < -0.3 is 5.11 Å². The number of carbonyl (C=O) groups is 1. The first-order valence-corrected chi connectivity index (χ1v) is 14.2. The van der Waals surface area contributed by atoms with Crippen LogP contribution in [0.3, 0.4) is 0 Å². The molecule has 0 unspecified atom stereocenters. The number of nitro benzene ring substituents is 1. The lowest BCUT2D eigenvalue weighted by Gasteiger charge is -2.08. The van der Waals surface area contributed by atoms with Gasteiger partial charge in [-0.2, -0.15) is 9.78 Å². The number of halogens is 2. The van der Waals surface area contributed by atoms with Crippen LogP contribution in [0.15, 0.2) is 46.7 Å². The molecular formula is C24H20Cl2N4O6S2. The fraction of sp³-hybridized carbons (Fsp3) is 0.208. The second-order valence-electron chi connectivity index (χ2n) is 8.55. The number of aromatic nitrogens is 3. The van der Waals surface area contributed by atoms with Crippen LogP contribution >= 0.6 is 34.5 Å². The van der Waals surface area contributed by atoms with Gasteiger partial charge in [-0.3, -0.25) is 10.1 Å². The number of para-hydroxylation sites is 1. The summed E-state index contributed by atoms with van der Waals surface area (Å²) in [6.45, 7) is 4.63. The SMILES string of the molecule is Cc1nn(-c2nc(-c3ccc(Cl)c(Cl)c3)c(S(=O)(=O)C(C)C)s2)c(C(=O)O)c1Cc1ccccc1[N+](=O)[O-]. The molecule has 14 heteroatoms. The van der Waals surface area contributed by atoms with Gasteiger partial charge >= 0.3 is 5.97 Å². The van der Waals surface area contributed by atoms with Crippen molar-refractivity contribution < 1.29 is 23.2 Å². The summed E-state index contributed by atoms with van der Waals surface area (Å²) in [5.74, 6) is -1.35. The van der Waals surface area contributed by atoms with E-state index in [4.69, 9.17) is 23.2 Å². The number of hydrogen-bond acceptors (Lipinski definition) is 8. The Morgan fingerprint density at radius 2 is 1.87 bits per heavy atom. The molecule has 0 fully saturated rings. The van der Waals surface area contributed by atoms with E-state index in [0.29, 0.717) is 16.8 Å². The highest BCUT2D eigenvalue weighted by Crippen LogP contribution is 2.39. The standard InChI is InChI=1S/C24H20Cl2N4O6S2/c1-12(2)38(35,36)23-20(15-8-9-17(25)18(26)11-15)27-24(37-23)29-21(22(31)32)16(13(3)28-29)10-14-6-4-5-7-19(14)30(33)34/h4-9,11-12H,10H2,1-3H3,(H,31,32). The lowest BCUT2D eigenvalue weighted by atomic mass is 10.0. The van der Waals surface area contributed by atoms with Gasteiger partial charge in [0.15, 0.2) is 15.5 Å². The molecule has 0 amide bonds. The molecule has 198 valence electrons. The van der Waals surface area contributed by atoms with Crippen molar-refractivity contribution in [2.45, 2.75) is 36.7 Å². The predicted octanol–water partition coefficient (Wildman–Crippen LogP) is 5.99. The second-order valence-corrected chi connectivity index (χ2v) is 13.0. The zero-order chi connectivity index (χ0) is 27.9. The second kappa shape index (κ2) is 10.4. The van der Waals surface area contributed by atoms with E-state index in [1.807, 2.05) is 0 Å². The van der Waals surface area contributed by atoms with E-state index in [0.717, 1.165) is 16.0 Å². The van der Waals surface area contributed by atoms with E-state index < -0.39 is 26.0 Å². The van der Waals surface area contributed by atoms with Crippen molar-refractivity contribution in [1.29, 1.82) is 0 Å². The van der Waals surface area contributed by atoms with Gasteiger partial charge in [-0.25, -0.2) is 18.2 Å². The number of aryl methyl sites for hydroxylation is 1. The number of carboxylic acids is 1. The summed E-state index contributed by atoms with van der Waals surface area (Å²) in [6, 6.07) is 10.6. The molecule has 0 atom stereocenters. The average molecular weight is 595 g/mol. The number of hydrogen-bond donors (Lipinski definition) is 1. The van der Waals surface area contributed by atoms with Crippen molar-refractivity contribution in [1.82, 2.24) is 14.8 Å². The van der Waals surface area contributed by atoms with Gasteiger partial charge in [-0.05, 0) is 32.9 Å². The first kappa shape index (κ1) is 27.7. The van der Waals surface area contributed by atoms with Gasteiger partial charge in [-0.1, -0.05) is 58.8 Å². The van der Waals surface area contributed by atoms with Gasteiger partial charge in [0.2, 0.25) is 5.13 Å². The highest BCUT2D eigenvalue weighted by molar-refractivity contribution is 7.94. The number of nitrogens with zero attached hydrogens (tertiary/aromatic N) is 4. The van der Waals surface area contributed by atoms with Crippen LogP contribution in [0.1, 0.15) is 41.2 Å². The zero-order valence-corrected chi connectivity index (χ0v) is 23.3. The molecule has 0 radical (unpaired) electrons. The molecule has 0 saturated carbocycles. The Labute approximate surface area is 231 Å². The van der Waals surface area contributed by atoms with Crippen LogP contribution in [0.2, 0.25) is 10.0 Å². The average Bonchev–Trinajstić information content (AvgIpc) is 3.43. The van der Waals surface area contributed by atoms with E-state index in [1.54, 1.807) is 25.1 Å². The van der Waals surface area contributed by atoms with E-state index in [-0.39, 0.29) is 48.4 Å². The first-order chi connectivity index (χ1) is 17.8. The van der Waals surface area contributed by atoms with Crippen molar-refractivity contribution >= 4 is 56.0 Å². The molecule has 38 heavy (non-hydrogen) atoms. The number of rotatable bonds is 8. The van der Waals surface area contributed by atoms with E-state index in [2.05, 4.69) is 10.1 Å². The molecule has 0 aliphatic carbocycles. The molecule has 0 aliphatic rings. The number of nitro groups is 1. The fourth-order valence-corrected chi connectivity index (χ4v) is 6.98. The Hall–Kier alpha value is -3.32. The van der Waals surface area contributed by atoms with Crippen molar-refractivity contribution in [3.05, 3.63) is 85.1 Å². The fourth-order valence-electron chi connectivity index (χ4n) is 3.78. The molecule has 4 rings (SSSR count). The summed E-state index contributed by atoms with van der Waals surface area (Å²) in [5, 5.41) is 25.6. The van der Waals surface area contributed by atoms with E-state index >= 15 is 0 Å². The summed E-state index contributed by atoms with van der Waals surface area (Å²) in [7, 11) is -3.85. The Bertz CT molecular complexity index is 1700. The molecule has 2 heterocycles. The molecule has 4 aromatic rings. The zero-order valence-electron chi connectivity index (χ0n) is 20.2. The van der Waals surface area contributed by atoms with Gasteiger partial charge in [0, 0.05) is 29.2 Å². The monoisotopic (exact) mass is 594 g/mol. The van der Waals surface area contributed by atoms with Gasteiger partial charge in [0.25, 0.3) is 5.69 Å². The van der Waals surface area contributed by atoms with E-state index in [1.165, 1.54) is 38.1 Å². The van der Waals surface area contributed by atoms with Gasteiger partial charge in [0.05, 0.1) is 25.9 Å². The summed E-state index contributed by atoms with van der Waals surface area (Å²) in [6.07, 6.45) is -0.0766. The van der Waals surface area contributed by atoms with Crippen molar-refractivity contribution in [2.75, 3.05) is 0 Å². The minimum atomic E-state index is -3.85. The molecule has 0 saturated heterocycles. The third-order valence-corrected chi connectivity index (χ3v) is 10.2. The van der Waals surface area contributed by atoms with Crippen LogP contribution < -0.4 is 0 Å². The topological polar surface area (TPSA) is 145 Å². The summed E-state index contributed by atoms with van der Waals surface area (Å²) in [4.78, 5) is 27.9. The highest BCUT2D eigenvalue weighted by Gasteiger charge is 2.32. The van der Waals surface area contributed by atoms with Crippen LogP contribution in [0.25, 0.3) is 16.4 Å². The lowest BCUT2D eigenvalue weighted by molar-refractivity contribution is -0.385. The predicted molar refractivity (Wildman–Crippen MR) is 145 cm³/mol. The molecule has 0 aliphatic heterocycles. The molecular weight excluding hydrogens is 575 g/mol. The first-order valence-electron chi connectivity index (χ1n) is 11.1. The highest BCUT2D eigenvalue weighted by atomic mass is 35.5. The molecule has 2 aromatic heterocycles. The number of benzene rings is 2. The van der Waals surface area contributed by atoms with Crippen molar-refractivity contribution in [3.8, 4) is 16.4 Å². The quantitative estimate of drug-likeness (QED) is 0.193. The van der Waals surface area contributed by atoms with Gasteiger partial charge in [-0.15, -0.1) is 0 Å². The molecule has 0 spiro atoms. The number of sulfone groups is 1. The largest absolute Gasteiger partial charge is 0.476 e. The van der Waals surface area contributed by atoms with Crippen molar-refractivity contribution in [3.63, 3.8) is 0 Å². The minimum Gasteiger partial charge on any atom is -0.476 e. The van der Waals surface area contributed by atoms with Crippen LogP contribution in [0, 0.1) is 17.0 Å². The maximum atomic E-state index is 13.3.